The van der Waals surface area contributed by atoms with Gasteiger partial charge in [0.2, 0.25) is 0 Å². The van der Waals surface area contributed by atoms with E-state index in [-0.39, 0.29) is 17.9 Å². The number of likely N-dealkylation sites (N-methyl/N-ethyl adjacent to an activating group) is 1. The quantitative estimate of drug-likeness (QED) is 0.478. The first-order chi connectivity index (χ1) is 13.2. The lowest BCUT2D eigenvalue weighted by Crippen LogP contribution is -2.50. The predicted molar refractivity (Wildman–Crippen MR) is 112 cm³/mol. The van der Waals surface area contributed by atoms with Gasteiger partial charge in [-0.25, -0.2) is 0 Å². The van der Waals surface area contributed by atoms with Crippen LogP contribution in [0.4, 0.5) is 0 Å². The van der Waals surface area contributed by atoms with Crippen LogP contribution in [0.1, 0.15) is 61.3 Å². The largest absolute Gasteiger partial charge is 0.462 e. The van der Waals surface area contributed by atoms with E-state index in [1.54, 1.807) is 20.8 Å². The number of ether oxygens (including phenoxy) is 1. The minimum Gasteiger partial charge on any atom is -0.462 e. The average Bonchev–Trinajstić information content (AvgIpc) is 2.66. The van der Waals surface area contributed by atoms with Gasteiger partial charge in [-0.15, -0.1) is 0 Å². The molecule has 0 bridgehead atoms. The van der Waals surface area contributed by atoms with Gasteiger partial charge in [-0.05, 0) is 46.6 Å². The smallest absolute Gasteiger partial charge is 0.311 e. The zero-order valence-corrected chi connectivity index (χ0v) is 19.4. The second kappa shape index (κ2) is 10.5. The molecule has 0 unspecified atom stereocenters. The number of esters is 1. The van der Waals surface area contributed by atoms with Crippen LogP contribution in [0.25, 0.3) is 0 Å². The van der Waals surface area contributed by atoms with Gasteiger partial charge >= 0.3 is 5.97 Å². The first-order valence-electron chi connectivity index (χ1n) is 10.9. The molecule has 7 nitrogen and oxygen atoms in total. The lowest BCUT2D eigenvalue weighted by atomic mass is 9.78. The van der Waals surface area contributed by atoms with Gasteiger partial charge < -0.3 is 30.1 Å². The lowest BCUT2D eigenvalue weighted by molar-refractivity contribution is -0.168. The average molecular weight is 418 g/mol. The highest BCUT2D eigenvalue weighted by Crippen LogP contribution is 2.31. The first-order valence-corrected chi connectivity index (χ1v) is 10.9. The van der Waals surface area contributed by atoms with Gasteiger partial charge in [-0.3, -0.25) is 4.79 Å². The van der Waals surface area contributed by atoms with E-state index in [0.717, 1.165) is 0 Å². The van der Waals surface area contributed by atoms with Crippen molar-refractivity contribution in [1.29, 1.82) is 0 Å². The summed E-state index contributed by atoms with van der Waals surface area (Å²) in [5.74, 6) is -2.38. The Bertz CT molecular complexity index is 527. The maximum Gasteiger partial charge on any atom is 0.311 e. The number of nitrogens with zero attached hydrogens (tertiary/aromatic N) is 1. The topological polar surface area (TPSA) is 110 Å². The summed E-state index contributed by atoms with van der Waals surface area (Å²) in [6, 6.07) is -0.179. The molecule has 1 aliphatic heterocycles. The number of aliphatic hydroxyl groups is 4. The number of carbonyl (C=O) groups excluding carboxylic acids is 1. The van der Waals surface area contributed by atoms with E-state index in [9.17, 15) is 25.2 Å². The fourth-order valence-electron chi connectivity index (χ4n) is 4.64. The van der Waals surface area contributed by atoms with E-state index in [1.807, 2.05) is 39.6 Å². The normalized spacial score (nSPS) is 47.2. The Morgan fingerprint density at radius 2 is 1.62 bits per heavy atom. The van der Waals surface area contributed by atoms with Gasteiger partial charge in [0.1, 0.15) is 6.10 Å². The minimum atomic E-state index is -1.43. The molecule has 0 aromatic rings. The van der Waals surface area contributed by atoms with Gasteiger partial charge in [0.05, 0.1) is 29.8 Å². The number of hydrogen-bond acceptors (Lipinski definition) is 7. The van der Waals surface area contributed by atoms with E-state index >= 15 is 0 Å². The van der Waals surface area contributed by atoms with E-state index in [4.69, 9.17) is 4.74 Å². The third-order valence-electron chi connectivity index (χ3n) is 6.90. The SMILES string of the molecule is CC[C@H]1OC(=O)[C@H](C)[C@@H](O)[C@H](C)[C@@H](O)[C@](C)(O)C[C@@H](C)CN(C)[C@H](C)[C@@H](O)[C@H]1C. The molecule has 0 aliphatic carbocycles. The molecule has 1 aliphatic rings. The summed E-state index contributed by atoms with van der Waals surface area (Å²) >= 11 is 0. The number of cyclic esters (lactones) is 1. The zero-order chi connectivity index (χ0) is 22.7. The second-order valence-electron chi connectivity index (χ2n) is 9.66. The van der Waals surface area contributed by atoms with Gasteiger partial charge in [0.15, 0.2) is 0 Å². The van der Waals surface area contributed by atoms with Crippen molar-refractivity contribution in [3.05, 3.63) is 0 Å². The third-order valence-corrected chi connectivity index (χ3v) is 6.90. The molecule has 4 N–H and O–H groups in total. The van der Waals surface area contributed by atoms with Crippen LogP contribution in [0, 0.1) is 23.7 Å². The van der Waals surface area contributed by atoms with Crippen LogP contribution in [0.2, 0.25) is 0 Å². The van der Waals surface area contributed by atoms with Crippen LogP contribution in [0.15, 0.2) is 0 Å². The number of carbonyl (C=O) groups is 1. The highest BCUT2D eigenvalue weighted by molar-refractivity contribution is 5.73. The van der Waals surface area contributed by atoms with Crippen LogP contribution in [0.5, 0.6) is 0 Å². The fraction of sp³-hybridized carbons (Fsp3) is 0.955. The summed E-state index contributed by atoms with van der Waals surface area (Å²) < 4.78 is 5.66. The Labute approximate surface area is 176 Å². The monoisotopic (exact) mass is 417 g/mol. The summed E-state index contributed by atoms with van der Waals surface area (Å²) in [5.41, 5.74) is -1.43. The Kier molecular flexibility index (Phi) is 9.55. The molecule has 10 atom stereocenters. The molecule has 1 fully saturated rings. The fourth-order valence-corrected chi connectivity index (χ4v) is 4.64. The molecule has 1 rings (SSSR count). The molecular formula is C22H43NO6. The standard InChI is InChI=1S/C22H43NO6/c1-9-17-13(3)19(25)16(6)23(8)11-12(2)10-22(7,28)20(26)14(4)18(24)15(5)21(27)29-17/h12-20,24-26,28H,9-11H2,1-8H3/t12-,13+,14+,15-,16-,17-,18+,19+,20-,22-/m1/s1. The van der Waals surface area contributed by atoms with Crippen LogP contribution < -0.4 is 0 Å². The highest BCUT2D eigenvalue weighted by atomic mass is 16.5. The molecule has 172 valence electrons. The van der Waals surface area contributed by atoms with Gasteiger partial charge in [0.25, 0.3) is 0 Å². The molecule has 1 saturated heterocycles. The zero-order valence-electron chi connectivity index (χ0n) is 19.4. The summed E-state index contributed by atoms with van der Waals surface area (Å²) in [7, 11) is 1.92. The molecule has 1 heterocycles. The molecular weight excluding hydrogens is 374 g/mol. The third kappa shape index (κ3) is 6.37. The molecule has 29 heavy (non-hydrogen) atoms. The first kappa shape index (κ1) is 26.3. The Balaban J connectivity index is 3.26. The van der Waals surface area contributed by atoms with E-state index in [0.29, 0.717) is 19.4 Å². The Hall–Kier alpha value is -0.730. The minimum absolute atomic E-state index is 0.0429. The van der Waals surface area contributed by atoms with Crippen molar-refractivity contribution in [1.82, 2.24) is 4.90 Å². The summed E-state index contributed by atoms with van der Waals surface area (Å²) in [5, 5.41) is 43.2. The summed E-state index contributed by atoms with van der Waals surface area (Å²) in [6.45, 7) is 13.1. The van der Waals surface area contributed by atoms with Crippen LogP contribution in [0.3, 0.4) is 0 Å². The van der Waals surface area contributed by atoms with E-state index < -0.39 is 47.8 Å². The number of hydrogen-bond donors (Lipinski definition) is 4. The van der Waals surface area contributed by atoms with Crippen LogP contribution in [-0.2, 0) is 9.53 Å². The Morgan fingerprint density at radius 1 is 1.07 bits per heavy atom. The van der Waals surface area contributed by atoms with Crippen molar-refractivity contribution >= 4 is 5.97 Å². The maximum atomic E-state index is 12.7. The predicted octanol–water partition coefficient (Wildman–Crippen LogP) is 1.41. The molecule has 0 aromatic carbocycles. The summed E-state index contributed by atoms with van der Waals surface area (Å²) in [6.07, 6.45) is -2.68. The Morgan fingerprint density at radius 3 is 2.14 bits per heavy atom. The van der Waals surface area contributed by atoms with Crippen molar-refractivity contribution in [2.24, 2.45) is 23.7 Å². The molecule has 7 heteroatoms. The van der Waals surface area contributed by atoms with Crippen molar-refractivity contribution in [2.75, 3.05) is 13.6 Å². The highest BCUT2D eigenvalue weighted by Gasteiger charge is 2.42. The van der Waals surface area contributed by atoms with Gasteiger partial charge in [-0.1, -0.05) is 27.7 Å². The van der Waals surface area contributed by atoms with Crippen molar-refractivity contribution in [3.63, 3.8) is 0 Å². The second-order valence-corrected chi connectivity index (χ2v) is 9.66. The van der Waals surface area contributed by atoms with Crippen molar-refractivity contribution in [3.8, 4) is 0 Å². The van der Waals surface area contributed by atoms with Crippen LogP contribution >= 0.6 is 0 Å². The number of rotatable bonds is 1. The van der Waals surface area contributed by atoms with Gasteiger partial charge in [-0.2, -0.15) is 0 Å². The van der Waals surface area contributed by atoms with Crippen molar-refractivity contribution in [2.45, 2.75) is 97.4 Å². The van der Waals surface area contributed by atoms with E-state index in [2.05, 4.69) is 0 Å². The lowest BCUT2D eigenvalue weighted by Gasteiger charge is -2.39. The van der Waals surface area contributed by atoms with Crippen LogP contribution in [-0.4, -0.2) is 80.9 Å². The number of aliphatic hydroxyl groups excluding tert-OH is 3. The van der Waals surface area contributed by atoms with E-state index in [1.165, 1.54) is 0 Å². The van der Waals surface area contributed by atoms with Crippen molar-refractivity contribution < 1.29 is 30.0 Å². The molecule has 0 amide bonds. The molecule has 0 saturated carbocycles. The molecule has 0 spiro atoms. The summed E-state index contributed by atoms with van der Waals surface area (Å²) in [4.78, 5) is 14.7. The maximum absolute atomic E-state index is 12.7. The van der Waals surface area contributed by atoms with Gasteiger partial charge in [0, 0.05) is 24.4 Å². The molecule has 0 radical (unpaired) electrons. The molecule has 0 aromatic heterocycles.